The van der Waals surface area contributed by atoms with Gasteiger partial charge in [-0.1, -0.05) is 44.2 Å². The van der Waals surface area contributed by atoms with Gasteiger partial charge in [-0.15, -0.1) is 0 Å². The highest BCUT2D eigenvalue weighted by atomic mass is 16.5. The van der Waals surface area contributed by atoms with Crippen LogP contribution in [0, 0.1) is 0 Å². The minimum Gasteiger partial charge on any atom is -0.496 e. The second-order valence-electron chi connectivity index (χ2n) is 8.50. The van der Waals surface area contributed by atoms with E-state index < -0.39 is 6.03 Å². The summed E-state index contributed by atoms with van der Waals surface area (Å²) in [5, 5.41) is 11.5. The second kappa shape index (κ2) is 14.4. The van der Waals surface area contributed by atoms with Gasteiger partial charge in [0.2, 0.25) is 0 Å². The Hall–Kier alpha value is -4.37. The van der Waals surface area contributed by atoms with Crippen LogP contribution in [0.5, 0.6) is 5.75 Å². The molecule has 38 heavy (non-hydrogen) atoms. The van der Waals surface area contributed by atoms with Crippen LogP contribution in [0.25, 0.3) is 0 Å². The number of carbonyl (C=O) groups is 3. The SMILES string of the molecule is CCN(CC)CCNC(=O)c1ccc(NC(=O)Nc2ccc(NCC(=O)c3ccccc3)cc2)cc1OC. The van der Waals surface area contributed by atoms with Crippen LogP contribution in [0.15, 0.2) is 72.8 Å². The van der Waals surface area contributed by atoms with Gasteiger partial charge in [-0.25, -0.2) is 4.79 Å². The zero-order chi connectivity index (χ0) is 27.3. The summed E-state index contributed by atoms with van der Waals surface area (Å²) in [5.74, 6) is 0.124. The molecule has 3 rings (SSSR count). The quantitative estimate of drug-likeness (QED) is 0.245. The predicted molar refractivity (Wildman–Crippen MR) is 151 cm³/mol. The van der Waals surface area contributed by atoms with Gasteiger partial charge in [0.25, 0.3) is 5.91 Å². The van der Waals surface area contributed by atoms with Crippen molar-refractivity contribution >= 4 is 34.8 Å². The average Bonchev–Trinajstić information content (AvgIpc) is 2.95. The number of Topliss-reactive ketones (excluding diaryl/α,β-unsaturated/α-hetero) is 1. The monoisotopic (exact) mass is 517 g/mol. The number of hydrogen-bond donors (Lipinski definition) is 4. The largest absolute Gasteiger partial charge is 0.496 e. The lowest BCUT2D eigenvalue weighted by atomic mass is 10.1. The first-order valence-electron chi connectivity index (χ1n) is 12.6. The molecule has 0 heterocycles. The first-order valence-corrected chi connectivity index (χ1v) is 12.6. The van der Waals surface area contributed by atoms with Crippen molar-refractivity contribution < 1.29 is 19.1 Å². The number of hydrogen-bond acceptors (Lipinski definition) is 6. The fraction of sp³-hybridized carbons (Fsp3) is 0.276. The van der Waals surface area contributed by atoms with Crippen LogP contribution in [0.2, 0.25) is 0 Å². The fourth-order valence-electron chi connectivity index (χ4n) is 3.79. The highest BCUT2D eigenvalue weighted by Crippen LogP contribution is 2.23. The second-order valence-corrected chi connectivity index (χ2v) is 8.50. The maximum Gasteiger partial charge on any atom is 0.323 e. The van der Waals surface area contributed by atoms with E-state index >= 15 is 0 Å². The minimum absolute atomic E-state index is 0.00858. The van der Waals surface area contributed by atoms with Gasteiger partial charge >= 0.3 is 6.03 Å². The van der Waals surface area contributed by atoms with E-state index in [0.29, 0.717) is 34.8 Å². The molecule has 0 fully saturated rings. The highest BCUT2D eigenvalue weighted by Gasteiger charge is 2.14. The number of methoxy groups -OCH3 is 1. The van der Waals surface area contributed by atoms with Gasteiger partial charge in [-0.3, -0.25) is 9.59 Å². The van der Waals surface area contributed by atoms with Crippen LogP contribution < -0.4 is 26.0 Å². The number of benzene rings is 3. The van der Waals surface area contributed by atoms with Crippen molar-refractivity contribution in [2.75, 3.05) is 55.8 Å². The number of nitrogens with one attached hydrogen (secondary N) is 4. The van der Waals surface area contributed by atoms with E-state index in [1.54, 1.807) is 54.6 Å². The molecule has 0 spiro atoms. The van der Waals surface area contributed by atoms with Gasteiger partial charge < -0.3 is 30.9 Å². The molecule has 0 saturated carbocycles. The molecular formula is C29H35N5O4. The maximum absolute atomic E-state index is 12.6. The molecule has 3 amide bonds. The summed E-state index contributed by atoms with van der Waals surface area (Å²) in [5.41, 5.74) is 2.87. The molecule has 0 aromatic heterocycles. The van der Waals surface area contributed by atoms with E-state index in [9.17, 15) is 14.4 Å². The molecule has 3 aromatic rings. The number of likely N-dealkylation sites (N-methyl/N-ethyl adjacent to an activating group) is 1. The van der Waals surface area contributed by atoms with Crippen molar-refractivity contribution in [1.29, 1.82) is 0 Å². The lowest BCUT2D eigenvalue weighted by molar-refractivity contribution is 0.0945. The Balaban J connectivity index is 1.50. The third-order valence-corrected chi connectivity index (χ3v) is 6.00. The first-order chi connectivity index (χ1) is 18.4. The molecular weight excluding hydrogens is 482 g/mol. The number of anilines is 3. The Kier molecular flexibility index (Phi) is 10.7. The normalized spacial score (nSPS) is 10.5. The Morgan fingerprint density at radius 3 is 2.11 bits per heavy atom. The molecule has 3 aromatic carbocycles. The molecule has 9 heteroatoms. The minimum atomic E-state index is -0.441. The number of ether oxygens (including phenoxy) is 1. The van der Waals surface area contributed by atoms with Gasteiger partial charge in [-0.05, 0) is 49.5 Å². The standard InChI is InChI=1S/C29H35N5O4/c1-4-34(5-2)18-17-30-28(36)25-16-15-24(19-27(25)38-3)33-29(37)32-23-13-11-22(12-14-23)31-20-26(35)21-9-7-6-8-10-21/h6-16,19,31H,4-5,17-18,20H2,1-3H3,(H,30,36)(H2,32,33,37). The number of rotatable bonds is 13. The number of carbonyl (C=O) groups excluding carboxylic acids is 3. The molecule has 0 aliphatic rings. The van der Waals surface area contributed by atoms with Crippen LogP contribution >= 0.6 is 0 Å². The summed E-state index contributed by atoms with van der Waals surface area (Å²) in [6.45, 7) is 7.49. The van der Waals surface area contributed by atoms with E-state index in [1.165, 1.54) is 7.11 Å². The number of nitrogens with zero attached hydrogens (tertiary/aromatic N) is 1. The smallest absolute Gasteiger partial charge is 0.323 e. The summed E-state index contributed by atoms with van der Waals surface area (Å²) in [6.07, 6.45) is 0. The van der Waals surface area contributed by atoms with Gasteiger partial charge in [-0.2, -0.15) is 0 Å². The Morgan fingerprint density at radius 2 is 1.45 bits per heavy atom. The Bertz CT molecular complexity index is 1210. The molecule has 0 radical (unpaired) electrons. The third-order valence-electron chi connectivity index (χ3n) is 6.00. The number of ketones is 1. The molecule has 0 atom stereocenters. The van der Waals surface area contributed by atoms with Crippen molar-refractivity contribution in [1.82, 2.24) is 10.2 Å². The number of urea groups is 1. The lowest BCUT2D eigenvalue weighted by Gasteiger charge is -2.18. The van der Waals surface area contributed by atoms with Crippen LogP contribution in [-0.4, -0.2) is 62.5 Å². The molecule has 0 bridgehead atoms. The lowest BCUT2D eigenvalue weighted by Crippen LogP contribution is -2.34. The van der Waals surface area contributed by atoms with Crippen molar-refractivity contribution in [3.05, 3.63) is 83.9 Å². The molecule has 0 unspecified atom stereocenters. The van der Waals surface area contributed by atoms with E-state index in [2.05, 4.69) is 40.0 Å². The van der Waals surface area contributed by atoms with Crippen molar-refractivity contribution in [2.24, 2.45) is 0 Å². The molecule has 0 aliphatic heterocycles. The van der Waals surface area contributed by atoms with Crippen LogP contribution in [0.3, 0.4) is 0 Å². The molecule has 9 nitrogen and oxygen atoms in total. The summed E-state index contributed by atoms with van der Waals surface area (Å²) >= 11 is 0. The Labute approximate surface area is 223 Å². The van der Waals surface area contributed by atoms with Gasteiger partial charge in [0.15, 0.2) is 5.78 Å². The van der Waals surface area contributed by atoms with Crippen molar-refractivity contribution in [3.8, 4) is 5.75 Å². The van der Waals surface area contributed by atoms with Crippen LogP contribution in [-0.2, 0) is 0 Å². The van der Waals surface area contributed by atoms with E-state index in [-0.39, 0.29) is 18.2 Å². The van der Waals surface area contributed by atoms with Gasteiger partial charge in [0.05, 0.1) is 19.2 Å². The zero-order valence-corrected chi connectivity index (χ0v) is 22.0. The summed E-state index contributed by atoms with van der Waals surface area (Å²) in [4.78, 5) is 39.6. The molecule has 0 saturated heterocycles. The summed E-state index contributed by atoms with van der Waals surface area (Å²) < 4.78 is 5.38. The van der Waals surface area contributed by atoms with Gasteiger partial charge in [0, 0.05) is 41.8 Å². The maximum atomic E-state index is 12.6. The molecule has 0 aliphatic carbocycles. The molecule has 200 valence electrons. The van der Waals surface area contributed by atoms with Crippen LogP contribution in [0.4, 0.5) is 21.9 Å². The van der Waals surface area contributed by atoms with Crippen LogP contribution in [0.1, 0.15) is 34.6 Å². The van der Waals surface area contributed by atoms with Crippen molar-refractivity contribution in [2.45, 2.75) is 13.8 Å². The fourth-order valence-corrected chi connectivity index (χ4v) is 3.79. The average molecular weight is 518 g/mol. The highest BCUT2D eigenvalue weighted by molar-refractivity contribution is 6.02. The summed E-state index contributed by atoms with van der Waals surface area (Å²) in [6, 6.07) is 20.6. The van der Waals surface area contributed by atoms with E-state index in [0.717, 1.165) is 25.3 Å². The third kappa shape index (κ3) is 8.35. The summed E-state index contributed by atoms with van der Waals surface area (Å²) in [7, 11) is 1.48. The predicted octanol–water partition coefficient (Wildman–Crippen LogP) is 4.71. The number of amides is 3. The zero-order valence-electron chi connectivity index (χ0n) is 22.0. The first kappa shape index (κ1) is 28.2. The van der Waals surface area contributed by atoms with E-state index in [4.69, 9.17) is 4.74 Å². The molecule has 4 N–H and O–H groups in total. The van der Waals surface area contributed by atoms with Crippen molar-refractivity contribution in [3.63, 3.8) is 0 Å². The van der Waals surface area contributed by atoms with E-state index in [1.807, 2.05) is 18.2 Å². The Morgan fingerprint density at radius 1 is 0.816 bits per heavy atom. The topological polar surface area (TPSA) is 112 Å². The van der Waals surface area contributed by atoms with Gasteiger partial charge in [0.1, 0.15) is 5.75 Å².